The Hall–Kier alpha value is -3.67. The van der Waals surface area contributed by atoms with Crippen LogP contribution >= 0.6 is 7.82 Å². The summed E-state index contributed by atoms with van der Waals surface area (Å²) in [5, 5.41) is 28.7. The van der Waals surface area contributed by atoms with E-state index in [-0.39, 0.29) is 19.3 Å². The van der Waals surface area contributed by atoms with Crippen molar-refractivity contribution < 1.29 is 52.9 Å². The van der Waals surface area contributed by atoms with Gasteiger partial charge in [0.2, 0.25) is 0 Å². The van der Waals surface area contributed by atoms with Gasteiger partial charge < -0.3 is 29.7 Å². The molecule has 60 heavy (non-hydrogen) atoms. The molecule has 0 aliphatic rings. The van der Waals surface area contributed by atoms with Crippen LogP contribution in [0, 0.1) is 0 Å². The molecule has 0 aliphatic heterocycles. The lowest BCUT2D eigenvalue weighted by molar-refractivity contribution is -0.161. The largest absolute Gasteiger partial charge is 0.472 e. The van der Waals surface area contributed by atoms with Crippen molar-refractivity contribution in [3.05, 3.63) is 122 Å². The summed E-state index contributed by atoms with van der Waals surface area (Å²) in [4.78, 5) is 35.0. The molecule has 0 radical (unpaired) electrons. The third kappa shape index (κ3) is 41.1. The first-order chi connectivity index (χ1) is 29.1. The number of ether oxygens (including phenoxy) is 2. The van der Waals surface area contributed by atoms with Gasteiger partial charge in [0.05, 0.1) is 25.9 Å². The molecule has 0 fully saturated rings. The molecule has 4 N–H and O–H groups in total. The van der Waals surface area contributed by atoms with Gasteiger partial charge in [0.15, 0.2) is 6.10 Å². The van der Waals surface area contributed by atoms with Crippen LogP contribution in [0.3, 0.4) is 0 Å². The molecule has 12 heteroatoms. The molecule has 0 aromatic rings. The SMILES string of the molecule is CC/C=C\C/C=C\C/C=C\C/C=C\C/C=C\C=C/C(O)CCC(=O)O[C@H](COC(=O)CCCCCC/C=C\C/C=C\C/C=C\C/C=C\CC)COP(=O)(O)OC[C@@H](O)CO. The molecule has 0 aliphatic carbocycles. The predicted molar refractivity (Wildman–Crippen MR) is 243 cm³/mol. The van der Waals surface area contributed by atoms with E-state index < -0.39 is 64.5 Å². The van der Waals surface area contributed by atoms with E-state index in [1.165, 1.54) is 0 Å². The standard InChI is InChI=1S/C48H75O11P/c1-3-5-7-9-11-13-15-17-19-21-23-25-27-29-31-33-35-37-47(52)56-42-46(43-58-60(54,55)57-41-45(51)40-49)59-48(53)39-38-44(50)36-34-32-30-28-26-24-22-20-18-16-14-12-10-8-6-4-2/h5-8,11-14,17-20,23-26,30,32,34,36,44-46,49-51H,3-4,9-10,15-16,21-22,27-29,31,33,35,37-43H2,1-2H3,(H,54,55)/b7-5-,8-6-,13-11-,14-12-,19-17-,20-18-,25-23-,26-24-,32-30-,36-34-/t44?,45-,46+/m0/s1. The Morgan fingerprint density at radius 1 is 0.567 bits per heavy atom. The topological polar surface area (TPSA) is 169 Å². The zero-order valence-electron chi connectivity index (χ0n) is 36.2. The lowest BCUT2D eigenvalue weighted by Gasteiger charge is -2.20. The molecular weight excluding hydrogens is 783 g/mol. The quantitative estimate of drug-likeness (QED) is 0.0153. The smallest absolute Gasteiger partial charge is 0.462 e. The molecular formula is C48H75O11P. The first-order valence-electron chi connectivity index (χ1n) is 21.6. The number of carbonyl (C=O) groups is 2. The number of rotatable bonds is 38. The molecule has 0 saturated carbocycles. The monoisotopic (exact) mass is 859 g/mol. The maximum absolute atomic E-state index is 12.6. The number of esters is 2. The zero-order chi connectivity index (χ0) is 44.2. The molecule has 0 saturated heterocycles. The van der Waals surface area contributed by atoms with Crippen LogP contribution in [-0.2, 0) is 32.7 Å². The molecule has 0 aromatic carbocycles. The second-order valence-corrected chi connectivity index (χ2v) is 15.3. The third-order valence-corrected chi connectivity index (χ3v) is 9.18. The Bertz CT molecular complexity index is 1420. The minimum absolute atomic E-state index is 0.0519. The van der Waals surface area contributed by atoms with Crippen LogP contribution < -0.4 is 0 Å². The maximum Gasteiger partial charge on any atom is 0.472 e. The summed E-state index contributed by atoms with van der Waals surface area (Å²) in [5.41, 5.74) is 0. The van der Waals surface area contributed by atoms with Gasteiger partial charge in [-0.15, -0.1) is 0 Å². The molecule has 0 bridgehead atoms. The summed E-state index contributed by atoms with van der Waals surface area (Å²) in [5.74, 6) is -1.25. The van der Waals surface area contributed by atoms with Crippen molar-refractivity contribution in [3.63, 3.8) is 0 Å². The summed E-state index contributed by atoms with van der Waals surface area (Å²) >= 11 is 0. The van der Waals surface area contributed by atoms with Crippen LogP contribution in [-0.4, -0.2) is 76.9 Å². The van der Waals surface area contributed by atoms with Crippen molar-refractivity contribution in [2.24, 2.45) is 0 Å². The van der Waals surface area contributed by atoms with Crippen LogP contribution in [0.15, 0.2) is 122 Å². The van der Waals surface area contributed by atoms with Gasteiger partial charge in [-0.25, -0.2) is 4.57 Å². The Morgan fingerprint density at radius 3 is 1.58 bits per heavy atom. The maximum atomic E-state index is 12.6. The number of hydrogen-bond donors (Lipinski definition) is 4. The van der Waals surface area contributed by atoms with E-state index in [0.717, 1.165) is 83.5 Å². The second kappa shape index (κ2) is 42.0. The van der Waals surface area contributed by atoms with Gasteiger partial charge in [-0.05, 0) is 83.5 Å². The molecule has 4 atom stereocenters. The first kappa shape index (κ1) is 56.3. The summed E-state index contributed by atoms with van der Waals surface area (Å²) < 4.78 is 32.5. The van der Waals surface area contributed by atoms with E-state index >= 15 is 0 Å². The number of allylic oxidation sites excluding steroid dienone is 19. The molecule has 0 amide bonds. The fraction of sp³-hybridized carbons (Fsp3) is 0.542. The lowest BCUT2D eigenvalue weighted by atomic mass is 10.1. The molecule has 2 unspecified atom stereocenters. The van der Waals surface area contributed by atoms with E-state index in [1.54, 1.807) is 12.2 Å². The van der Waals surface area contributed by atoms with Crippen molar-refractivity contribution in [1.82, 2.24) is 0 Å². The highest BCUT2D eigenvalue weighted by atomic mass is 31.2. The van der Waals surface area contributed by atoms with Gasteiger partial charge in [0.25, 0.3) is 0 Å². The minimum atomic E-state index is -4.70. The fourth-order valence-electron chi connectivity index (χ4n) is 4.92. The van der Waals surface area contributed by atoms with Crippen molar-refractivity contribution in [2.75, 3.05) is 26.4 Å². The van der Waals surface area contributed by atoms with Gasteiger partial charge in [0, 0.05) is 12.8 Å². The number of phosphoric ester groups is 1. The highest BCUT2D eigenvalue weighted by molar-refractivity contribution is 7.47. The van der Waals surface area contributed by atoms with Crippen LogP contribution in [0.25, 0.3) is 0 Å². The number of unbranched alkanes of at least 4 members (excludes halogenated alkanes) is 4. The highest BCUT2D eigenvalue weighted by Crippen LogP contribution is 2.43. The highest BCUT2D eigenvalue weighted by Gasteiger charge is 2.27. The summed E-state index contributed by atoms with van der Waals surface area (Å²) in [6.07, 6.45) is 50.6. The number of carbonyl (C=O) groups excluding carboxylic acids is 2. The Labute approximate surface area is 360 Å². The Balaban J connectivity index is 4.61. The second-order valence-electron chi connectivity index (χ2n) is 13.8. The normalized spacial score (nSPS) is 15.5. The first-order valence-corrected chi connectivity index (χ1v) is 23.1. The van der Waals surface area contributed by atoms with Gasteiger partial charge in [-0.1, -0.05) is 148 Å². The molecule has 0 aromatic heterocycles. The number of hydrogen-bond acceptors (Lipinski definition) is 10. The van der Waals surface area contributed by atoms with Gasteiger partial charge >= 0.3 is 19.8 Å². The molecule has 338 valence electrons. The Morgan fingerprint density at radius 2 is 1.05 bits per heavy atom. The summed E-state index contributed by atoms with van der Waals surface area (Å²) in [6, 6.07) is 0. The van der Waals surface area contributed by atoms with Crippen LogP contribution in [0.4, 0.5) is 0 Å². The Kier molecular flexibility index (Phi) is 39.5. The minimum Gasteiger partial charge on any atom is -0.462 e. The number of aliphatic hydroxyl groups excluding tert-OH is 3. The number of aliphatic hydroxyl groups is 3. The molecule has 0 heterocycles. The molecule has 0 spiro atoms. The van der Waals surface area contributed by atoms with E-state index in [9.17, 15) is 29.3 Å². The van der Waals surface area contributed by atoms with E-state index in [2.05, 4.69) is 116 Å². The van der Waals surface area contributed by atoms with Crippen LogP contribution in [0.2, 0.25) is 0 Å². The zero-order valence-corrected chi connectivity index (χ0v) is 37.1. The van der Waals surface area contributed by atoms with E-state index in [4.69, 9.17) is 19.1 Å². The third-order valence-electron chi connectivity index (χ3n) is 8.23. The van der Waals surface area contributed by atoms with Crippen LogP contribution in [0.5, 0.6) is 0 Å². The number of phosphoric acid groups is 1. The fourth-order valence-corrected chi connectivity index (χ4v) is 5.70. The lowest BCUT2D eigenvalue weighted by Crippen LogP contribution is -2.30. The van der Waals surface area contributed by atoms with E-state index in [0.29, 0.717) is 6.42 Å². The van der Waals surface area contributed by atoms with Gasteiger partial charge in [0.1, 0.15) is 12.7 Å². The summed E-state index contributed by atoms with van der Waals surface area (Å²) in [7, 11) is -4.70. The van der Waals surface area contributed by atoms with E-state index in [1.807, 2.05) is 12.2 Å². The van der Waals surface area contributed by atoms with Crippen molar-refractivity contribution in [1.29, 1.82) is 0 Å². The van der Waals surface area contributed by atoms with Crippen molar-refractivity contribution in [2.45, 2.75) is 141 Å². The van der Waals surface area contributed by atoms with Gasteiger partial charge in [-0.2, -0.15) is 0 Å². The van der Waals surface area contributed by atoms with Crippen molar-refractivity contribution >= 4 is 19.8 Å². The molecule has 11 nitrogen and oxygen atoms in total. The average Bonchev–Trinajstić information content (AvgIpc) is 3.23. The van der Waals surface area contributed by atoms with Crippen molar-refractivity contribution in [3.8, 4) is 0 Å². The van der Waals surface area contributed by atoms with Gasteiger partial charge in [-0.3, -0.25) is 18.6 Å². The predicted octanol–water partition coefficient (Wildman–Crippen LogP) is 10.5. The van der Waals surface area contributed by atoms with Crippen LogP contribution in [0.1, 0.15) is 123 Å². The molecule has 0 rings (SSSR count). The summed E-state index contributed by atoms with van der Waals surface area (Å²) in [6.45, 7) is 1.81. The average molecular weight is 859 g/mol.